The molecule has 19 heavy (non-hydrogen) atoms. The highest BCUT2D eigenvalue weighted by molar-refractivity contribution is 5.84. The van der Waals surface area contributed by atoms with E-state index >= 15 is 0 Å². The first-order chi connectivity index (χ1) is 8.88. The predicted octanol–water partition coefficient (Wildman–Crippen LogP) is 0.0657. The van der Waals surface area contributed by atoms with Gasteiger partial charge in [0.2, 0.25) is 5.91 Å². The predicted molar refractivity (Wildman–Crippen MR) is 69.9 cm³/mol. The zero-order valence-electron chi connectivity index (χ0n) is 11.0. The Morgan fingerprint density at radius 2 is 1.84 bits per heavy atom. The first-order valence-corrected chi connectivity index (χ1v) is 5.83. The normalized spacial score (nSPS) is 12.2. The smallest absolute Gasteiger partial charge is 0.326 e. The number of carboxylic acid groups (broad SMARTS) is 1. The van der Waals surface area contributed by atoms with Gasteiger partial charge in [0, 0.05) is 6.42 Å². The van der Waals surface area contributed by atoms with Crippen molar-refractivity contribution in [1.82, 2.24) is 10.2 Å². The summed E-state index contributed by atoms with van der Waals surface area (Å²) in [6.07, 6.45) is 0.175. The van der Waals surface area contributed by atoms with Gasteiger partial charge >= 0.3 is 5.97 Å². The van der Waals surface area contributed by atoms with Gasteiger partial charge in [-0.05, 0) is 31.8 Å². The minimum atomic E-state index is -1.08. The molecule has 0 radical (unpaired) electrons. The number of rotatable bonds is 6. The average Bonchev–Trinajstić information content (AvgIpc) is 2.29. The van der Waals surface area contributed by atoms with Crippen molar-refractivity contribution < 1.29 is 19.8 Å². The lowest BCUT2D eigenvalue weighted by molar-refractivity contribution is -0.141. The standard InChI is InChI=1S/C13H18N2O4/c1-15(2)8-12(17)14-11(13(18)19)7-9-3-5-10(16)6-4-9/h3-6,11,16H,7-8H2,1-2H3,(H,14,17)(H,18,19). The van der Waals surface area contributed by atoms with E-state index in [0.717, 1.165) is 5.56 Å². The van der Waals surface area contributed by atoms with Crippen molar-refractivity contribution in [2.75, 3.05) is 20.6 Å². The van der Waals surface area contributed by atoms with E-state index in [0.29, 0.717) is 0 Å². The topological polar surface area (TPSA) is 89.9 Å². The number of phenolic OH excluding ortho intramolecular Hbond substituents is 1. The molecule has 0 aliphatic rings. The summed E-state index contributed by atoms with van der Waals surface area (Å²) in [5.41, 5.74) is 0.732. The minimum Gasteiger partial charge on any atom is -0.508 e. The molecule has 0 aliphatic carbocycles. The highest BCUT2D eigenvalue weighted by Gasteiger charge is 2.20. The number of aliphatic carboxylic acids is 1. The number of aromatic hydroxyl groups is 1. The zero-order valence-corrected chi connectivity index (χ0v) is 11.0. The van der Waals surface area contributed by atoms with Gasteiger partial charge in [0.05, 0.1) is 6.54 Å². The largest absolute Gasteiger partial charge is 0.508 e. The van der Waals surface area contributed by atoms with Crippen LogP contribution in [0.1, 0.15) is 5.56 Å². The quantitative estimate of drug-likeness (QED) is 0.677. The number of benzene rings is 1. The Balaban J connectivity index is 2.65. The van der Waals surface area contributed by atoms with Crippen LogP contribution in [0.2, 0.25) is 0 Å². The number of amides is 1. The van der Waals surface area contributed by atoms with Crippen LogP contribution in [0, 0.1) is 0 Å². The Kier molecular flexibility index (Phi) is 5.32. The number of nitrogens with zero attached hydrogens (tertiary/aromatic N) is 1. The molecule has 1 atom stereocenters. The Bertz CT molecular complexity index is 442. The molecule has 0 spiro atoms. The number of hydrogen-bond acceptors (Lipinski definition) is 4. The molecular weight excluding hydrogens is 248 g/mol. The first-order valence-electron chi connectivity index (χ1n) is 5.83. The Morgan fingerprint density at radius 1 is 1.26 bits per heavy atom. The van der Waals surface area contributed by atoms with Crippen LogP contribution in [0.4, 0.5) is 0 Å². The van der Waals surface area contributed by atoms with Gasteiger partial charge in [0.25, 0.3) is 0 Å². The van der Waals surface area contributed by atoms with Crippen LogP contribution in [-0.2, 0) is 16.0 Å². The second kappa shape index (κ2) is 6.75. The molecule has 6 nitrogen and oxygen atoms in total. The number of carbonyl (C=O) groups is 2. The maximum Gasteiger partial charge on any atom is 0.326 e. The molecule has 0 heterocycles. The van der Waals surface area contributed by atoms with Gasteiger partial charge in [0.1, 0.15) is 11.8 Å². The number of likely N-dealkylation sites (N-methyl/N-ethyl adjacent to an activating group) is 1. The summed E-state index contributed by atoms with van der Waals surface area (Å²) < 4.78 is 0. The molecule has 0 aromatic heterocycles. The second-order valence-corrected chi connectivity index (χ2v) is 4.57. The number of hydrogen-bond donors (Lipinski definition) is 3. The van der Waals surface area contributed by atoms with E-state index in [9.17, 15) is 9.59 Å². The number of nitrogens with one attached hydrogen (secondary N) is 1. The van der Waals surface area contributed by atoms with Gasteiger partial charge in [0.15, 0.2) is 0 Å². The SMILES string of the molecule is CN(C)CC(=O)NC(Cc1ccc(O)cc1)C(=O)O. The summed E-state index contributed by atoms with van der Waals surface area (Å²) in [4.78, 5) is 24.3. The van der Waals surface area contributed by atoms with Crippen molar-refractivity contribution >= 4 is 11.9 Å². The van der Waals surface area contributed by atoms with Crippen LogP contribution in [0.25, 0.3) is 0 Å². The zero-order chi connectivity index (χ0) is 14.4. The van der Waals surface area contributed by atoms with Crippen LogP contribution < -0.4 is 5.32 Å². The Morgan fingerprint density at radius 3 is 2.32 bits per heavy atom. The van der Waals surface area contributed by atoms with Crippen molar-refractivity contribution in [2.24, 2.45) is 0 Å². The molecule has 1 aromatic carbocycles. The third kappa shape index (κ3) is 5.39. The maximum absolute atomic E-state index is 11.6. The highest BCUT2D eigenvalue weighted by atomic mass is 16.4. The summed E-state index contributed by atoms with van der Waals surface area (Å²) in [6, 6.07) is 5.25. The van der Waals surface area contributed by atoms with E-state index in [1.54, 1.807) is 31.1 Å². The van der Waals surface area contributed by atoms with Crippen LogP contribution in [-0.4, -0.2) is 53.7 Å². The van der Waals surface area contributed by atoms with E-state index in [-0.39, 0.29) is 24.6 Å². The summed E-state index contributed by atoms with van der Waals surface area (Å²) in [5, 5.41) is 20.7. The van der Waals surface area contributed by atoms with E-state index < -0.39 is 12.0 Å². The minimum absolute atomic E-state index is 0.118. The third-order valence-corrected chi connectivity index (χ3v) is 2.47. The van der Waals surface area contributed by atoms with Crippen LogP contribution in [0.3, 0.4) is 0 Å². The van der Waals surface area contributed by atoms with Gasteiger partial charge in [-0.1, -0.05) is 12.1 Å². The molecule has 104 valence electrons. The number of phenols is 1. The summed E-state index contributed by atoms with van der Waals surface area (Å²) >= 11 is 0. The second-order valence-electron chi connectivity index (χ2n) is 4.57. The van der Waals surface area contributed by atoms with Crippen LogP contribution in [0.5, 0.6) is 5.75 Å². The lowest BCUT2D eigenvalue weighted by Crippen LogP contribution is -2.45. The lowest BCUT2D eigenvalue weighted by atomic mass is 10.1. The van der Waals surface area contributed by atoms with E-state index in [2.05, 4.69) is 5.32 Å². The lowest BCUT2D eigenvalue weighted by Gasteiger charge is -2.16. The van der Waals surface area contributed by atoms with Crippen molar-refractivity contribution in [3.05, 3.63) is 29.8 Å². The molecule has 0 fully saturated rings. The summed E-state index contributed by atoms with van der Waals surface area (Å²) in [5.74, 6) is -1.30. The van der Waals surface area contributed by atoms with Crippen molar-refractivity contribution in [1.29, 1.82) is 0 Å². The number of carboxylic acids is 1. The fraction of sp³-hybridized carbons (Fsp3) is 0.385. The summed E-state index contributed by atoms with van der Waals surface area (Å²) in [6.45, 7) is 0.138. The molecule has 1 rings (SSSR count). The van der Waals surface area contributed by atoms with Crippen molar-refractivity contribution in [3.8, 4) is 5.75 Å². The monoisotopic (exact) mass is 266 g/mol. The fourth-order valence-electron chi connectivity index (χ4n) is 1.59. The maximum atomic E-state index is 11.6. The van der Waals surface area contributed by atoms with E-state index in [4.69, 9.17) is 10.2 Å². The van der Waals surface area contributed by atoms with Gasteiger partial charge < -0.3 is 20.4 Å². The average molecular weight is 266 g/mol. The molecule has 1 aromatic rings. The molecule has 3 N–H and O–H groups in total. The summed E-state index contributed by atoms with van der Waals surface area (Å²) in [7, 11) is 3.46. The van der Waals surface area contributed by atoms with Gasteiger partial charge in [-0.2, -0.15) is 0 Å². The molecule has 1 amide bonds. The molecule has 0 saturated heterocycles. The molecule has 0 saturated carbocycles. The van der Waals surface area contributed by atoms with Crippen LogP contribution in [0.15, 0.2) is 24.3 Å². The van der Waals surface area contributed by atoms with E-state index in [1.807, 2.05) is 0 Å². The Hall–Kier alpha value is -2.08. The molecule has 1 unspecified atom stereocenters. The van der Waals surface area contributed by atoms with Gasteiger partial charge in [-0.15, -0.1) is 0 Å². The van der Waals surface area contributed by atoms with Crippen molar-refractivity contribution in [2.45, 2.75) is 12.5 Å². The molecule has 0 bridgehead atoms. The molecule has 0 aliphatic heterocycles. The van der Waals surface area contributed by atoms with Crippen LogP contribution >= 0.6 is 0 Å². The van der Waals surface area contributed by atoms with Crippen molar-refractivity contribution in [3.63, 3.8) is 0 Å². The third-order valence-electron chi connectivity index (χ3n) is 2.47. The van der Waals surface area contributed by atoms with Gasteiger partial charge in [-0.3, -0.25) is 4.79 Å². The van der Waals surface area contributed by atoms with E-state index in [1.165, 1.54) is 12.1 Å². The fourth-order valence-corrected chi connectivity index (χ4v) is 1.59. The first kappa shape index (κ1) is 15.0. The van der Waals surface area contributed by atoms with Gasteiger partial charge in [-0.25, -0.2) is 4.79 Å². The molecule has 6 heteroatoms. The highest BCUT2D eigenvalue weighted by Crippen LogP contribution is 2.11. The number of carbonyl (C=O) groups excluding carboxylic acids is 1. The molecular formula is C13H18N2O4. The Labute approximate surface area is 111 Å².